The molecule has 0 bridgehead atoms. The largest absolute Gasteiger partial charge is 0.493 e. The van der Waals surface area contributed by atoms with Gasteiger partial charge in [0.25, 0.3) is 0 Å². The lowest BCUT2D eigenvalue weighted by Gasteiger charge is -2.12. The predicted molar refractivity (Wildman–Crippen MR) is 81.6 cm³/mol. The molecule has 0 atom stereocenters. The molecule has 1 N–H and O–H groups in total. The molecule has 2 aromatic rings. The van der Waals surface area contributed by atoms with Crippen molar-refractivity contribution in [2.75, 3.05) is 13.7 Å². The Morgan fingerprint density at radius 3 is 2.52 bits per heavy atom. The van der Waals surface area contributed by atoms with Crippen LogP contribution in [0.1, 0.15) is 18.1 Å². The first-order valence-electron chi connectivity index (χ1n) is 6.83. The first-order valence-corrected chi connectivity index (χ1v) is 6.83. The Bertz CT molecular complexity index is 647. The minimum atomic E-state index is 0.510. The summed E-state index contributed by atoms with van der Waals surface area (Å²) in [5.41, 5.74) is 1.57. The Labute approximate surface area is 124 Å². The van der Waals surface area contributed by atoms with Crippen LogP contribution in [0.5, 0.6) is 17.2 Å². The van der Waals surface area contributed by atoms with Crippen LogP contribution in [0.3, 0.4) is 0 Å². The minimum absolute atomic E-state index is 0.510. The Balaban J connectivity index is 2.26. The van der Waals surface area contributed by atoms with Crippen LogP contribution in [0, 0.1) is 11.3 Å². The van der Waals surface area contributed by atoms with Gasteiger partial charge in [0, 0.05) is 6.54 Å². The molecule has 0 fully saturated rings. The maximum Gasteiger partial charge on any atom is 0.169 e. The van der Waals surface area contributed by atoms with E-state index < -0.39 is 0 Å². The van der Waals surface area contributed by atoms with E-state index in [4.69, 9.17) is 9.47 Å². The molecule has 0 aliphatic carbocycles. The summed E-state index contributed by atoms with van der Waals surface area (Å²) in [6.45, 7) is 3.67. The minimum Gasteiger partial charge on any atom is -0.493 e. The van der Waals surface area contributed by atoms with E-state index in [2.05, 4.69) is 11.4 Å². The molecule has 0 unspecified atom stereocenters. The van der Waals surface area contributed by atoms with Crippen molar-refractivity contribution in [2.45, 2.75) is 13.5 Å². The fourth-order valence-electron chi connectivity index (χ4n) is 1.95. The molecule has 4 heteroatoms. The summed E-state index contributed by atoms with van der Waals surface area (Å²) in [5, 5.41) is 12.5. The highest BCUT2D eigenvalue weighted by atomic mass is 16.5. The number of nitriles is 1. The molecular formula is C17H18N2O2. The van der Waals surface area contributed by atoms with Gasteiger partial charge in [-0.2, -0.15) is 5.26 Å². The molecule has 0 aromatic heterocycles. The second-order valence-corrected chi connectivity index (χ2v) is 4.48. The highest BCUT2D eigenvalue weighted by Gasteiger charge is 2.09. The van der Waals surface area contributed by atoms with Crippen molar-refractivity contribution in [3.05, 3.63) is 53.6 Å². The molecule has 0 aliphatic rings. The van der Waals surface area contributed by atoms with E-state index in [0.29, 0.717) is 22.8 Å². The molecule has 0 spiro atoms. The van der Waals surface area contributed by atoms with Gasteiger partial charge >= 0.3 is 0 Å². The zero-order valence-electron chi connectivity index (χ0n) is 12.2. The highest BCUT2D eigenvalue weighted by molar-refractivity contribution is 5.50. The Kier molecular flexibility index (Phi) is 5.19. The van der Waals surface area contributed by atoms with Gasteiger partial charge in [-0.3, -0.25) is 0 Å². The Morgan fingerprint density at radius 2 is 1.86 bits per heavy atom. The van der Waals surface area contributed by atoms with Crippen LogP contribution < -0.4 is 14.8 Å². The van der Waals surface area contributed by atoms with Crippen LogP contribution in [-0.2, 0) is 6.54 Å². The lowest BCUT2D eigenvalue weighted by molar-refractivity contribution is 0.378. The maximum absolute atomic E-state index is 9.29. The number of benzene rings is 2. The first kappa shape index (κ1) is 14.9. The van der Waals surface area contributed by atoms with Crippen LogP contribution in [0.25, 0.3) is 0 Å². The van der Waals surface area contributed by atoms with E-state index in [1.165, 1.54) is 0 Å². The number of hydrogen-bond donors (Lipinski definition) is 1. The molecule has 0 aliphatic heterocycles. The zero-order chi connectivity index (χ0) is 15.1. The molecule has 21 heavy (non-hydrogen) atoms. The lowest BCUT2D eigenvalue weighted by atomic mass is 10.1. The van der Waals surface area contributed by atoms with Gasteiger partial charge in [-0.1, -0.05) is 25.1 Å². The van der Waals surface area contributed by atoms with Crippen LogP contribution >= 0.6 is 0 Å². The first-order chi connectivity index (χ1) is 10.3. The molecule has 0 radical (unpaired) electrons. The SMILES string of the molecule is CCNCc1ccc(Oc2ccccc2OC)c(C#N)c1. The number of ether oxygens (including phenoxy) is 2. The van der Waals surface area contributed by atoms with E-state index in [0.717, 1.165) is 18.7 Å². The maximum atomic E-state index is 9.29. The summed E-state index contributed by atoms with van der Waals surface area (Å²) in [5.74, 6) is 1.76. The topological polar surface area (TPSA) is 54.3 Å². The molecule has 0 saturated heterocycles. The van der Waals surface area contributed by atoms with Gasteiger partial charge in [0.1, 0.15) is 11.8 Å². The normalized spacial score (nSPS) is 9.95. The van der Waals surface area contributed by atoms with Crippen molar-refractivity contribution in [1.29, 1.82) is 5.26 Å². The van der Waals surface area contributed by atoms with Crippen molar-refractivity contribution in [1.82, 2.24) is 5.32 Å². The van der Waals surface area contributed by atoms with Gasteiger partial charge in [0.15, 0.2) is 11.5 Å². The Morgan fingerprint density at radius 1 is 1.10 bits per heavy atom. The highest BCUT2D eigenvalue weighted by Crippen LogP contribution is 2.32. The summed E-state index contributed by atoms with van der Waals surface area (Å²) in [7, 11) is 1.59. The summed E-state index contributed by atoms with van der Waals surface area (Å²) in [4.78, 5) is 0. The smallest absolute Gasteiger partial charge is 0.169 e. The predicted octanol–water partition coefficient (Wildman–Crippen LogP) is 3.47. The fraction of sp³-hybridized carbons (Fsp3) is 0.235. The molecule has 2 aromatic carbocycles. The van der Waals surface area contributed by atoms with Crippen LogP contribution in [-0.4, -0.2) is 13.7 Å². The van der Waals surface area contributed by atoms with E-state index in [9.17, 15) is 5.26 Å². The molecule has 4 nitrogen and oxygen atoms in total. The van der Waals surface area contributed by atoms with Gasteiger partial charge < -0.3 is 14.8 Å². The molecule has 0 heterocycles. The van der Waals surface area contributed by atoms with Crippen molar-refractivity contribution in [3.8, 4) is 23.3 Å². The standard InChI is InChI=1S/C17H18N2O2/c1-3-19-12-13-8-9-15(14(10-13)11-18)21-17-7-5-4-6-16(17)20-2/h4-10,19H,3,12H2,1-2H3. The second-order valence-electron chi connectivity index (χ2n) is 4.48. The number of nitrogens with zero attached hydrogens (tertiary/aromatic N) is 1. The summed E-state index contributed by atoms with van der Waals surface area (Å²) < 4.78 is 11.1. The van der Waals surface area contributed by atoms with Gasteiger partial charge in [-0.15, -0.1) is 0 Å². The molecule has 108 valence electrons. The van der Waals surface area contributed by atoms with Gasteiger partial charge in [0.05, 0.1) is 12.7 Å². The van der Waals surface area contributed by atoms with E-state index in [1.54, 1.807) is 7.11 Å². The van der Waals surface area contributed by atoms with E-state index in [1.807, 2.05) is 49.4 Å². The van der Waals surface area contributed by atoms with Crippen LogP contribution in [0.2, 0.25) is 0 Å². The third-order valence-corrected chi connectivity index (χ3v) is 3.03. The average molecular weight is 282 g/mol. The summed E-state index contributed by atoms with van der Waals surface area (Å²) in [6, 6.07) is 15.2. The lowest BCUT2D eigenvalue weighted by Crippen LogP contribution is -2.11. The van der Waals surface area contributed by atoms with Crippen molar-refractivity contribution in [2.24, 2.45) is 0 Å². The number of nitrogens with one attached hydrogen (secondary N) is 1. The molecular weight excluding hydrogens is 264 g/mol. The number of para-hydroxylation sites is 2. The number of rotatable bonds is 6. The molecule has 0 amide bonds. The fourth-order valence-corrected chi connectivity index (χ4v) is 1.95. The monoisotopic (exact) mass is 282 g/mol. The van der Waals surface area contributed by atoms with Crippen molar-refractivity contribution >= 4 is 0 Å². The number of hydrogen-bond acceptors (Lipinski definition) is 4. The van der Waals surface area contributed by atoms with E-state index in [-0.39, 0.29) is 0 Å². The quantitative estimate of drug-likeness (QED) is 0.881. The summed E-state index contributed by atoms with van der Waals surface area (Å²) in [6.07, 6.45) is 0. The number of methoxy groups -OCH3 is 1. The van der Waals surface area contributed by atoms with Gasteiger partial charge in [-0.05, 0) is 36.4 Å². The van der Waals surface area contributed by atoms with Crippen LogP contribution in [0.4, 0.5) is 0 Å². The van der Waals surface area contributed by atoms with Gasteiger partial charge in [-0.25, -0.2) is 0 Å². The summed E-state index contributed by atoms with van der Waals surface area (Å²) >= 11 is 0. The van der Waals surface area contributed by atoms with Crippen molar-refractivity contribution in [3.63, 3.8) is 0 Å². The third kappa shape index (κ3) is 3.74. The second kappa shape index (κ2) is 7.32. The molecule has 2 rings (SSSR count). The van der Waals surface area contributed by atoms with Gasteiger partial charge in [0.2, 0.25) is 0 Å². The zero-order valence-corrected chi connectivity index (χ0v) is 12.2. The van der Waals surface area contributed by atoms with Crippen molar-refractivity contribution < 1.29 is 9.47 Å². The van der Waals surface area contributed by atoms with E-state index >= 15 is 0 Å². The third-order valence-electron chi connectivity index (χ3n) is 3.03. The average Bonchev–Trinajstić information content (AvgIpc) is 2.54. The van der Waals surface area contributed by atoms with Crippen LogP contribution in [0.15, 0.2) is 42.5 Å². The Hall–Kier alpha value is -2.51. The molecule has 0 saturated carbocycles.